The molecule has 1 aromatic carbocycles. The standard InChI is InChI=1S/C16H19NO5/c1-3-12-5-7-13(8-6-12)17-14(18)11-22-16(20)10-9-15(19)21-4-2/h5-10H,3-4,11H2,1-2H3,(H,17,18)/b10-9+. The van der Waals surface area contributed by atoms with Crippen molar-refractivity contribution in [3.8, 4) is 0 Å². The average Bonchev–Trinajstić information content (AvgIpc) is 2.52. The molecule has 6 nitrogen and oxygen atoms in total. The summed E-state index contributed by atoms with van der Waals surface area (Å²) in [6.07, 6.45) is 2.78. The number of hydrogen-bond acceptors (Lipinski definition) is 5. The Labute approximate surface area is 129 Å². The van der Waals surface area contributed by atoms with Crippen LogP contribution in [0.25, 0.3) is 0 Å². The fourth-order valence-electron chi connectivity index (χ4n) is 1.53. The van der Waals surface area contributed by atoms with Crippen LogP contribution in [0.2, 0.25) is 0 Å². The minimum atomic E-state index is -0.787. The topological polar surface area (TPSA) is 81.7 Å². The van der Waals surface area contributed by atoms with Crippen LogP contribution in [0.3, 0.4) is 0 Å². The highest BCUT2D eigenvalue weighted by molar-refractivity contribution is 5.95. The molecular weight excluding hydrogens is 286 g/mol. The lowest BCUT2D eigenvalue weighted by molar-refractivity contribution is -0.143. The van der Waals surface area contributed by atoms with Crippen molar-refractivity contribution in [1.82, 2.24) is 0 Å². The number of esters is 2. The molecule has 0 aliphatic heterocycles. The van der Waals surface area contributed by atoms with Crippen molar-refractivity contribution in [2.45, 2.75) is 20.3 Å². The maximum atomic E-state index is 11.6. The van der Waals surface area contributed by atoms with E-state index in [1.807, 2.05) is 19.1 Å². The van der Waals surface area contributed by atoms with Gasteiger partial charge >= 0.3 is 11.9 Å². The fourth-order valence-corrected chi connectivity index (χ4v) is 1.53. The predicted octanol–water partition coefficient (Wildman–Crippen LogP) is 1.85. The van der Waals surface area contributed by atoms with E-state index < -0.39 is 24.5 Å². The third-order valence-electron chi connectivity index (χ3n) is 2.63. The molecule has 118 valence electrons. The van der Waals surface area contributed by atoms with Gasteiger partial charge in [0.25, 0.3) is 5.91 Å². The third kappa shape index (κ3) is 6.69. The molecule has 0 radical (unpaired) electrons. The highest BCUT2D eigenvalue weighted by Crippen LogP contribution is 2.09. The van der Waals surface area contributed by atoms with Gasteiger partial charge in [0.1, 0.15) is 0 Å². The average molecular weight is 305 g/mol. The molecule has 1 amide bonds. The van der Waals surface area contributed by atoms with Gasteiger partial charge < -0.3 is 14.8 Å². The summed E-state index contributed by atoms with van der Waals surface area (Å²) in [5, 5.41) is 2.60. The quantitative estimate of drug-likeness (QED) is 0.614. The van der Waals surface area contributed by atoms with E-state index in [1.165, 1.54) is 0 Å². The third-order valence-corrected chi connectivity index (χ3v) is 2.63. The van der Waals surface area contributed by atoms with Crippen molar-refractivity contribution in [2.75, 3.05) is 18.5 Å². The molecule has 0 spiro atoms. The molecule has 1 N–H and O–H groups in total. The van der Waals surface area contributed by atoms with Crippen LogP contribution in [-0.4, -0.2) is 31.1 Å². The number of carbonyl (C=O) groups is 3. The zero-order valence-electron chi connectivity index (χ0n) is 12.6. The molecule has 0 saturated carbocycles. The normalized spacial score (nSPS) is 10.3. The van der Waals surface area contributed by atoms with Gasteiger partial charge in [-0.2, -0.15) is 0 Å². The minimum Gasteiger partial charge on any atom is -0.463 e. The van der Waals surface area contributed by atoms with Crippen LogP contribution < -0.4 is 5.32 Å². The van der Waals surface area contributed by atoms with Crippen LogP contribution in [0, 0.1) is 0 Å². The van der Waals surface area contributed by atoms with Gasteiger partial charge in [0.05, 0.1) is 6.61 Å². The zero-order valence-corrected chi connectivity index (χ0v) is 12.6. The molecule has 6 heteroatoms. The first-order chi connectivity index (χ1) is 10.5. The van der Waals surface area contributed by atoms with Crippen LogP contribution in [0.5, 0.6) is 0 Å². The second kappa shape index (κ2) is 9.33. The van der Waals surface area contributed by atoms with Crippen LogP contribution >= 0.6 is 0 Å². The SMILES string of the molecule is CCOC(=O)/C=C/C(=O)OCC(=O)Nc1ccc(CC)cc1. The smallest absolute Gasteiger partial charge is 0.331 e. The van der Waals surface area contributed by atoms with Gasteiger partial charge in [-0.1, -0.05) is 19.1 Å². The van der Waals surface area contributed by atoms with E-state index in [-0.39, 0.29) is 6.61 Å². The number of amides is 1. The Morgan fingerprint density at radius 3 is 2.14 bits per heavy atom. The number of benzene rings is 1. The van der Waals surface area contributed by atoms with Crippen molar-refractivity contribution >= 4 is 23.5 Å². The van der Waals surface area contributed by atoms with E-state index in [4.69, 9.17) is 4.74 Å². The number of anilines is 1. The first-order valence-electron chi connectivity index (χ1n) is 6.95. The lowest BCUT2D eigenvalue weighted by Crippen LogP contribution is -2.20. The van der Waals surface area contributed by atoms with Crippen LogP contribution in [0.4, 0.5) is 5.69 Å². The van der Waals surface area contributed by atoms with Crippen molar-refractivity contribution < 1.29 is 23.9 Å². The number of aryl methyl sites for hydroxylation is 1. The molecule has 0 atom stereocenters. The largest absolute Gasteiger partial charge is 0.463 e. The van der Waals surface area contributed by atoms with Gasteiger partial charge in [-0.05, 0) is 31.0 Å². The first kappa shape index (κ1) is 17.4. The molecule has 0 bridgehead atoms. The van der Waals surface area contributed by atoms with E-state index in [1.54, 1.807) is 19.1 Å². The second-order valence-electron chi connectivity index (χ2n) is 4.29. The number of rotatable bonds is 7. The van der Waals surface area contributed by atoms with Gasteiger partial charge in [-0.25, -0.2) is 9.59 Å². The minimum absolute atomic E-state index is 0.220. The Kier molecular flexibility index (Phi) is 7.39. The Morgan fingerprint density at radius 1 is 1.00 bits per heavy atom. The van der Waals surface area contributed by atoms with Gasteiger partial charge in [0.15, 0.2) is 6.61 Å². The summed E-state index contributed by atoms with van der Waals surface area (Å²) in [5.74, 6) is -1.88. The maximum absolute atomic E-state index is 11.6. The Morgan fingerprint density at radius 2 is 1.59 bits per heavy atom. The lowest BCUT2D eigenvalue weighted by atomic mass is 10.1. The summed E-state index contributed by atoms with van der Waals surface area (Å²) in [6.45, 7) is 3.48. The monoisotopic (exact) mass is 305 g/mol. The zero-order chi connectivity index (χ0) is 16.4. The second-order valence-corrected chi connectivity index (χ2v) is 4.29. The first-order valence-corrected chi connectivity index (χ1v) is 6.95. The maximum Gasteiger partial charge on any atom is 0.331 e. The number of ether oxygens (including phenoxy) is 2. The van der Waals surface area contributed by atoms with E-state index in [2.05, 4.69) is 10.1 Å². The fraction of sp³-hybridized carbons (Fsp3) is 0.312. The Balaban J connectivity index is 2.35. The van der Waals surface area contributed by atoms with Crippen LogP contribution in [0.1, 0.15) is 19.4 Å². The van der Waals surface area contributed by atoms with Gasteiger partial charge in [0.2, 0.25) is 0 Å². The Bertz CT molecular complexity index is 548. The van der Waals surface area contributed by atoms with Crippen molar-refractivity contribution in [3.05, 3.63) is 42.0 Å². The number of nitrogens with one attached hydrogen (secondary N) is 1. The summed E-state index contributed by atoms with van der Waals surface area (Å²) >= 11 is 0. The summed E-state index contributed by atoms with van der Waals surface area (Å²) in [7, 11) is 0. The van der Waals surface area contributed by atoms with E-state index in [0.29, 0.717) is 5.69 Å². The van der Waals surface area contributed by atoms with E-state index in [9.17, 15) is 14.4 Å². The molecule has 1 aromatic rings. The van der Waals surface area contributed by atoms with Crippen LogP contribution in [0.15, 0.2) is 36.4 Å². The van der Waals surface area contributed by atoms with Crippen LogP contribution in [-0.2, 0) is 30.3 Å². The molecular formula is C16H19NO5. The van der Waals surface area contributed by atoms with Gasteiger partial charge in [0, 0.05) is 17.8 Å². The summed E-state index contributed by atoms with van der Waals surface area (Å²) in [4.78, 5) is 33.9. The Hall–Kier alpha value is -2.63. The summed E-state index contributed by atoms with van der Waals surface area (Å²) in [6, 6.07) is 7.37. The molecule has 0 heterocycles. The number of carbonyl (C=O) groups excluding carboxylic acids is 3. The molecule has 22 heavy (non-hydrogen) atoms. The molecule has 0 aliphatic rings. The van der Waals surface area contributed by atoms with E-state index >= 15 is 0 Å². The molecule has 0 fully saturated rings. The summed E-state index contributed by atoms with van der Waals surface area (Å²) in [5.41, 5.74) is 1.79. The van der Waals surface area contributed by atoms with Gasteiger partial charge in [-0.15, -0.1) is 0 Å². The lowest BCUT2D eigenvalue weighted by Gasteiger charge is -2.06. The molecule has 0 aromatic heterocycles. The van der Waals surface area contributed by atoms with Crippen molar-refractivity contribution in [3.63, 3.8) is 0 Å². The molecule has 1 rings (SSSR count). The predicted molar refractivity (Wildman–Crippen MR) is 81.2 cm³/mol. The molecule has 0 unspecified atom stereocenters. The molecule has 0 saturated heterocycles. The highest BCUT2D eigenvalue weighted by atomic mass is 16.5. The molecule has 0 aliphatic carbocycles. The van der Waals surface area contributed by atoms with Crippen molar-refractivity contribution in [2.24, 2.45) is 0 Å². The van der Waals surface area contributed by atoms with E-state index in [0.717, 1.165) is 24.1 Å². The van der Waals surface area contributed by atoms with Crippen molar-refractivity contribution in [1.29, 1.82) is 0 Å². The van der Waals surface area contributed by atoms with Gasteiger partial charge in [-0.3, -0.25) is 4.79 Å². The number of hydrogen-bond donors (Lipinski definition) is 1. The highest BCUT2D eigenvalue weighted by Gasteiger charge is 2.06. The summed E-state index contributed by atoms with van der Waals surface area (Å²) < 4.78 is 9.31.